The van der Waals surface area contributed by atoms with E-state index in [1.54, 1.807) is 22.3 Å². The van der Waals surface area contributed by atoms with Gasteiger partial charge in [-0.15, -0.1) is 11.3 Å². The number of benzene rings is 1. The number of phenols is 1. The highest BCUT2D eigenvalue weighted by Crippen LogP contribution is 2.36. The molecule has 1 amide bonds. The molecule has 1 fully saturated rings. The van der Waals surface area contributed by atoms with Crippen LogP contribution in [0.5, 0.6) is 5.75 Å². The second kappa shape index (κ2) is 7.68. The molecule has 3 rings (SSSR count). The van der Waals surface area contributed by atoms with Gasteiger partial charge in [0.2, 0.25) is 0 Å². The third-order valence-corrected chi connectivity index (χ3v) is 5.30. The summed E-state index contributed by atoms with van der Waals surface area (Å²) in [4.78, 5) is 17.6. The van der Waals surface area contributed by atoms with Gasteiger partial charge < -0.3 is 14.7 Å². The van der Waals surface area contributed by atoms with Crippen molar-refractivity contribution >= 4 is 17.4 Å². The summed E-state index contributed by atoms with van der Waals surface area (Å²) in [5.41, 5.74) is 0.421. The molecule has 2 aromatic rings. The van der Waals surface area contributed by atoms with Crippen LogP contribution in [0.2, 0.25) is 0 Å². The molecular formula is C20H26N2O3S. The van der Waals surface area contributed by atoms with Gasteiger partial charge in [0.1, 0.15) is 11.4 Å². The number of hydrogen-bond acceptors (Lipinski definition) is 5. The van der Waals surface area contributed by atoms with Crippen molar-refractivity contribution in [2.45, 2.75) is 32.4 Å². The summed E-state index contributed by atoms with van der Waals surface area (Å²) < 4.78 is 5.48. The summed E-state index contributed by atoms with van der Waals surface area (Å²) in [6.07, 6.45) is -0.257. The van der Waals surface area contributed by atoms with Gasteiger partial charge in [-0.1, -0.05) is 24.3 Å². The van der Waals surface area contributed by atoms with Crippen LogP contribution >= 0.6 is 11.3 Å². The molecular weight excluding hydrogens is 348 g/mol. The molecule has 0 bridgehead atoms. The summed E-state index contributed by atoms with van der Waals surface area (Å²) >= 11 is 1.69. The Morgan fingerprint density at radius 2 is 1.81 bits per heavy atom. The first-order chi connectivity index (χ1) is 12.3. The molecule has 1 saturated heterocycles. The number of carbonyl (C=O) groups excluding carboxylic acids is 1. The van der Waals surface area contributed by atoms with Crippen LogP contribution in [-0.4, -0.2) is 52.8 Å². The number of amides is 1. The molecule has 26 heavy (non-hydrogen) atoms. The molecule has 140 valence electrons. The fourth-order valence-electron chi connectivity index (χ4n) is 3.18. The van der Waals surface area contributed by atoms with Crippen molar-refractivity contribution < 1.29 is 14.6 Å². The van der Waals surface area contributed by atoms with E-state index >= 15 is 0 Å². The first-order valence-corrected chi connectivity index (χ1v) is 9.76. The number of phenolic OH excluding ortho intramolecular Hbond substituents is 1. The smallest absolute Gasteiger partial charge is 0.410 e. The Morgan fingerprint density at radius 3 is 2.38 bits per heavy atom. The van der Waals surface area contributed by atoms with Crippen LogP contribution in [0.3, 0.4) is 0 Å². The normalized spacial score (nSPS) is 17.1. The van der Waals surface area contributed by atoms with Gasteiger partial charge in [0.25, 0.3) is 0 Å². The fraction of sp³-hybridized carbons (Fsp3) is 0.450. The third kappa shape index (κ3) is 4.37. The monoisotopic (exact) mass is 374 g/mol. The standard InChI is InChI=1S/C20H26N2O3S/c1-20(2,3)25-19(24)22-12-10-21(11-13-22)18(17-9-6-14-26-17)15-7-4-5-8-16(15)23/h4-9,14,18,23H,10-13H2,1-3H3. The molecule has 1 aliphatic heterocycles. The van der Waals surface area contributed by atoms with Gasteiger partial charge in [-0.3, -0.25) is 4.90 Å². The molecule has 0 spiro atoms. The average molecular weight is 375 g/mol. The van der Waals surface area contributed by atoms with Crippen LogP contribution in [0.1, 0.15) is 37.3 Å². The summed E-state index contributed by atoms with van der Waals surface area (Å²) in [6, 6.07) is 11.6. The number of ether oxygens (including phenoxy) is 1. The number of carbonyl (C=O) groups is 1. The van der Waals surface area contributed by atoms with E-state index in [0.717, 1.165) is 18.7 Å². The Bertz CT molecular complexity index is 732. The molecule has 1 aromatic heterocycles. The van der Waals surface area contributed by atoms with E-state index in [-0.39, 0.29) is 12.1 Å². The molecule has 1 atom stereocenters. The first-order valence-electron chi connectivity index (χ1n) is 8.88. The van der Waals surface area contributed by atoms with E-state index in [1.165, 1.54) is 4.88 Å². The maximum atomic E-state index is 12.3. The van der Waals surface area contributed by atoms with Crippen LogP contribution in [0.15, 0.2) is 41.8 Å². The van der Waals surface area contributed by atoms with E-state index in [0.29, 0.717) is 18.8 Å². The predicted molar refractivity (Wildman–Crippen MR) is 104 cm³/mol. The molecule has 0 saturated carbocycles. The SMILES string of the molecule is CC(C)(C)OC(=O)N1CCN(C(c2cccs2)c2ccccc2O)CC1. The molecule has 1 N–H and O–H groups in total. The van der Waals surface area contributed by atoms with E-state index in [1.807, 2.05) is 45.0 Å². The number of thiophene rings is 1. The fourth-order valence-corrected chi connectivity index (χ4v) is 4.06. The van der Waals surface area contributed by atoms with Crippen LogP contribution in [0, 0.1) is 0 Å². The topological polar surface area (TPSA) is 53.0 Å². The molecule has 1 unspecified atom stereocenters. The summed E-state index contributed by atoms with van der Waals surface area (Å²) in [6.45, 7) is 8.34. The van der Waals surface area contributed by atoms with Gasteiger partial charge in [-0.25, -0.2) is 4.79 Å². The van der Waals surface area contributed by atoms with Crippen LogP contribution in [0.4, 0.5) is 4.79 Å². The number of rotatable bonds is 3. The van der Waals surface area contributed by atoms with Crippen LogP contribution < -0.4 is 0 Å². The van der Waals surface area contributed by atoms with Crippen LogP contribution in [0.25, 0.3) is 0 Å². The number of piperazine rings is 1. The molecule has 0 aliphatic carbocycles. The maximum absolute atomic E-state index is 12.3. The van der Waals surface area contributed by atoms with Gasteiger partial charge in [0.05, 0.1) is 6.04 Å². The van der Waals surface area contributed by atoms with Crippen molar-refractivity contribution in [1.82, 2.24) is 9.80 Å². The van der Waals surface area contributed by atoms with Gasteiger partial charge >= 0.3 is 6.09 Å². The molecule has 0 radical (unpaired) electrons. The zero-order valence-corrected chi connectivity index (χ0v) is 16.3. The molecule has 2 heterocycles. The Morgan fingerprint density at radius 1 is 1.12 bits per heavy atom. The third-order valence-electron chi connectivity index (χ3n) is 4.38. The Balaban J connectivity index is 1.75. The average Bonchev–Trinajstić information content (AvgIpc) is 3.10. The molecule has 6 heteroatoms. The summed E-state index contributed by atoms with van der Waals surface area (Å²) in [5.74, 6) is 0.306. The van der Waals surface area contributed by atoms with Gasteiger partial charge in [0, 0.05) is 36.6 Å². The minimum absolute atomic E-state index is 0.00279. The summed E-state index contributed by atoms with van der Waals surface area (Å²) in [7, 11) is 0. The molecule has 5 nitrogen and oxygen atoms in total. The second-order valence-electron chi connectivity index (χ2n) is 7.48. The first kappa shape index (κ1) is 18.7. The Kier molecular flexibility index (Phi) is 5.53. The molecule has 1 aliphatic rings. The predicted octanol–water partition coefficient (Wildman–Crippen LogP) is 4.10. The van der Waals surface area contributed by atoms with E-state index < -0.39 is 5.60 Å². The number of para-hydroxylation sites is 1. The number of aromatic hydroxyl groups is 1. The van der Waals surface area contributed by atoms with Crippen molar-refractivity contribution in [1.29, 1.82) is 0 Å². The summed E-state index contributed by atoms with van der Waals surface area (Å²) in [5, 5.41) is 12.4. The van der Waals surface area contributed by atoms with Crippen molar-refractivity contribution in [3.05, 3.63) is 52.2 Å². The lowest BCUT2D eigenvalue weighted by Gasteiger charge is -2.39. The Hall–Kier alpha value is -2.05. The highest BCUT2D eigenvalue weighted by molar-refractivity contribution is 7.10. The van der Waals surface area contributed by atoms with Gasteiger partial charge in [-0.05, 0) is 38.3 Å². The highest BCUT2D eigenvalue weighted by atomic mass is 32.1. The lowest BCUT2D eigenvalue weighted by Crippen LogP contribution is -2.50. The number of hydrogen-bond donors (Lipinski definition) is 1. The van der Waals surface area contributed by atoms with Crippen molar-refractivity contribution in [2.24, 2.45) is 0 Å². The largest absolute Gasteiger partial charge is 0.508 e. The Labute approximate surface area is 158 Å². The van der Waals surface area contributed by atoms with Crippen LogP contribution in [-0.2, 0) is 4.74 Å². The van der Waals surface area contributed by atoms with Crippen molar-refractivity contribution in [2.75, 3.05) is 26.2 Å². The quantitative estimate of drug-likeness (QED) is 0.879. The zero-order chi connectivity index (χ0) is 18.7. The molecule has 1 aromatic carbocycles. The minimum Gasteiger partial charge on any atom is -0.508 e. The minimum atomic E-state index is -0.483. The van der Waals surface area contributed by atoms with Gasteiger partial charge in [0.15, 0.2) is 0 Å². The van der Waals surface area contributed by atoms with E-state index in [2.05, 4.69) is 16.3 Å². The second-order valence-corrected chi connectivity index (χ2v) is 8.46. The maximum Gasteiger partial charge on any atom is 0.410 e. The number of nitrogens with zero attached hydrogens (tertiary/aromatic N) is 2. The van der Waals surface area contributed by atoms with Crippen molar-refractivity contribution in [3.63, 3.8) is 0 Å². The van der Waals surface area contributed by atoms with Crippen molar-refractivity contribution in [3.8, 4) is 5.75 Å². The zero-order valence-electron chi connectivity index (χ0n) is 15.5. The lowest BCUT2D eigenvalue weighted by atomic mass is 10.0. The van der Waals surface area contributed by atoms with E-state index in [9.17, 15) is 9.90 Å². The lowest BCUT2D eigenvalue weighted by molar-refractivity contribution is 0.0119. The van der Waals surface area contributed by atoms with E-state index in [4.69, 9.17) is 4.74 Å². The highest BCUT2D eigenvalue weighted by Gasteiger charge is 2.31. The van der Waals surface area contributed by atoms with Gasteiger partial charge in [-0.2, -0.15) is 0 Å².